The molecule has 4 rings (SSSR count). The van der Waals surface area contributed by atoms with E-state index in [1.165, 1.54) is 0 Å². The molecule has 0 spiro atoms. The monoisotopic (exact) mass is 471 g/mol. The number of nitrogens with zero attached hydrogens (tertiary/aromatic N) is 1. The van der Waals surface area contributed by atoms with Crippen LogP contribution in [0.1, 0.15) is 31.2 Å². The van der Waals surface area contributed by atoms with Crippen LogP contribution in [0.5, 0.6) is 5.75 Å². The Labute approximate surface area is 204 Å². The second-order valence-corrected chi connectivity index (χ2v) is 8.68. The van der Waals surface area contributed by atoms with Gasteiger partial charge in [-0.2, -0.15) is 0 Å². The third-order valence-electron chi connectivity index (χ3n) is 5.74. The van der Waals surface area contributed by atoms with Crippen LogP contribution < -0.4 is 4.74 Å². The zero-order valence-electron chi connectivity index (χ0n) is 19.7. The van der Waals surface area contributed by atoms with Crippen molar-refractivity contribution >= 4 is 5.97 Å². The van der Waals surface area contributed by atoms with Crippen LogP contribution in [0, 0.1) is 0 Å². The summed E-state index contributed by atoms with van der Waals surface area (Å²) in [6, 6.07) is 26.9. The van der Waals surface area contributed by atoms with Crippen molar-refractivity contribution in [3.8, 4) is 28.3 Å². The van der Waals surface area contributed by atoms with Crippen molar-refractivity contribution in [1.29, 1.82) is 0 Å². The lowest BCUT2D eigenvalue weighted by molar-refractivity contribution is -0.139. The average Bonchev–Trinajstić information content (AvgIpc) is 3.27. The molecule has 0 aliphatic heterocycles. The Morgan fingerprint density at radius 1 is 0.943 bits per heavy atom. The fourth-order valence-corrected chi connectivity index (χ4v) is 4.27. The molecule has 1 aromatic heterocycles. The lowest BCUT2D eigenvalue weighted by Crippen LogP contribution is -2.34. The van der Waals surface area contributed by atoms with E-state index in [0.717, 1.165) is 28.8 Å². The number of aromatic nitrogens is 1. The van der Waals surface area contributed by atoms with E-state index in [2.05, 4.69) is 0 Å². The van der Waals surface area contributed by atoms with Crippen LogP contribution in [0.2, 0.25) is 0 Å². The van der Waals surface area contributed by atoms with Crippen molar-refractivity contribution in [2.24, 2.45) is 0 Å². The molecule has 0 saturated heterocycles. The maximum Gasteiger partial charge on any atom is 0.341 e. The number of carboxylic acids is 1. The number of benzene rings is 3. The molecule has 1 unspecified atom stereocenters. The van der Waals surface area contributed by atoms with Gasteiger partial charge in [0, 0.05) is 17.5 Å². The van der Waals surface area contributed by atoms with Crippen LogP contribution in [0.15, 0.2) is 89.3 Å². The summed E-state index contributed by atoms with van der Waals surface area (Å²) in [5.74, 6) is 0.564. The molecular weight excluding hydrogens is 442 g/mol. The first kappa shape index (κ1) is 24.2. The van der Waals surface area contributed by atoms with E-state index in [-0.39, 0.29) is 6.42 Å². The smallest absolute Gasteiger partial charge is 0.341 e. The van der Waals surface area contributed by atoms with Gasteiger partial charge in [0.2, 0.25) is 0 Å². The molecule has 0 aliphatic rings. The number of hydrogen-bond acceptors (Lipinski definition) is 5. The molecule has 1 atom stereocenters. The van der Waals surface area contributed by atoms with Gasteiger partial charge in [-0.3, -0.25) is 0 Å². The number of rotatable bonds is 11. The molecule has 3 aromatic carbocycles. The van der Waals surface area contributed by atoms with E-state index < -0.39 is 18.2 Å². The normalized spacial score (nSPS) is 12.7. The highest BCUT2D eigenvalue weighted by Gasteiger charge is 2.30. The zero-order chi connectivity index (χ0) is 24.7. The first-order valence-corrected chi connectivity index (χ1v) is 11.7. The minimum absolute atomic E-state index is 0.244. The first-order chi connectivity index (χ1) is 17.0. The highest BCUT2D eigenvalue weighted by molar-refractivity contribution is 5.76. The topological polar surface area (TPSA) is 92.8 Å². The number of ether oxygens (including phenoxy) is 1. The van der Waals surface area contributed by atoms with Crippen molar-refractivity contribution in [2.45, 2.75) is 38.2 Å². The molecule has 0 radical (unpaired) electrons. The number of carbonyl (C=O) groups is 1. The molecule has 0 amide bonds. The number of aliphatic carboxylic acids is 1. The molecule has 0 bridgehead atoms. The summed E-state index contributed by atoms with van der Waals surface area (Å²) in [7, 11) is 0. The van der Waals surface area contributed by atoms with Crippen LogP contribution in [-0.4, -0.2) is 33.4 Å². The Morgan fingerprint density at radius 2 is 1.63 bits per heavy atom. The molecule has 4 aromatic rings. The van der Waals surface area contributed by atoms with Gasteiger partial charge in [0.1, 0.15) is 11.4 Å². The van der Waals surface area contributed by atoms with Gasteiger partial charge in [-0.1, -0.05) is 86.1 Å². The highest BCUT2D eigenvalue weighted by atomic mass is 16.5. The Bertz CT molecular complexity index is 1200. The summed E-state index contributed by atoms with van der Waals surface area (Å²) in [5.41, 5.74) is 2.38. The van der Waals surface area contributed by atoms with E-state index in [4.69, 9.17) is 19.2 Å². The predicted octanol–water partition coefficient (Wildman–Crippen LogP) is 5.79. The lowest BCUT2D eigenvalue weighted by atomic mass is 9.87. The molecule has 0 aliphatic carbocycles. The third-order valence-corrected chi connectivity index (χ3v) is 5.74. The molecule has 6 heteroatoms. The van der Waals surface area contributed by atoms with Crippen LogP contribution in [0.25, 0.3) is 22.6 Å². The predicted molar refractivity (Wildman–Crippen MR) is 134 cm³/mol. The minimum Gasteiger partial charge on any atom is -0.482 e. The van der Waals surface area contributed by atoms with E-state index in [0.29, 0.717) is 30.2 Å². The largest absolute Gasteiger partial charge is 0.482 e. The molecule has 2 N–H and O–H groups in total. The fraction of sp³-hybridized carbons (Fsp3) is 0.241. The maximum atomic E-state index is 11.6. The van der Waals surface area contributed by atoms with Gasteiger partial charge < -0.3 is 19.4 Å². The average molecular weight is 472 g/mol. The van der Waals surface area contributed by atoms with E-state index in [1.807, 2.05) is 73.7 Å². The lowest BCUT2D eigenvalue weighted by Gasteiger charge is -2.27. The van der Waals surface area contributed by atoms with Crippen LogP contribution in [0.4, 0.5) is 0 Å². The third kappa shape index (κ3) is 6.37. The van der Waals surface area contributed by atoms with Gasteiger partial charge in [-0.05, 0) is 24.1 Å². The highest BCUT2D eigenvalue weighted by Crippen LogP contribution is 2.34. The summed E-state index contributed by atoms with van der Waals surface area (Å²) in [4.78, 5) is 15.6. The van der Waals surface area contributed by atoms with Gasteiger partial charge >= 0.3 is 5.97 Å². The number of hydrogen-bond donors (Lipinski definition) is 2. The summed E-state index contributed by atoms with van der Waals surface area (Å²) in [6.07, 6.45) is 1.93. The van der Waals surface area contributed by atoms with E-state index >= 15 is 0 Å². The zero-order valence-corrected chi connectivity index (χ0v) is 19.7. The molecule has 6 nitrogen and oxygen atoms in total. The van der Waals surface area contributed by atoms with Gasteiger partial charge in [0.15, 0.2) is 18.3 Å². The van der Waals surface area contributed by atoms with Crippen LogP contribution >= 0.6 is 0 Å². The van der Waals surface area contributed by atoms with Gasteiger partial charge in [-0.25, -0.2) is 9.78 Å². The molecule has 180 valence electrons. The van der Waals surface area contributed by atoms with Crippen LogP contribution in [0.3, 0.4) is 0 Å². The molecule has 0 fully saturated rings. The number of oxazole rings is 1. The van der Waals surface area contributed by atoms with Gasteiger partial charge in [0.05, 0.1) is 12.0 Å². The van der Waals surface area contributed by atoms with Crippen molar-refractivity contribution in [3.63, 3.8) is 0 Å². The maximum absolute atomic E-state index is 11.6. The Kier molecular flexibility index (Phi) is 7.63. The van der Waals surface area contributed by atoms with Gasteiger partial charge in [0.25, 0.3) is 0 Å². The van der Waals surface area contributed by atoms with Crippen molar-refractivity contribution < 1.29 is 24.2 Å². The second-order valence-electron chi connectivity index (χ2n) is 8.68. The standard InChI is InChI=1S/C29H29NO5/c1-2-16-29(33,18-21-10-9-15-24(17-21)34-20-26(31)32)19-25-30-27(22-11-5-3-6-12-22)28(35-25)23-13-7-4-8-14-23/h3-15,17,33H,2,16,18-20H2,1H3,(H,31,32). The quantitative estimate of drug-likeness (QED) is 0.288. The van der Waals surface area contributed by atoms with E-state index in [9.17, 15) is 9.90 Å². The minimum atomic E-state index is -1.09. The summed E-state index contributed by atoms with van der Waals surface area (Å²) in [6.45, 7) is 1.61. The SMILES string of the molecule is CCCC(O)(Cc1cccc(OCC(=O)O)c1)Cc1nc(-c2ccccc2)c(-c2ccccc2)o1. The molecule has 35 heavy (non-hydrogen) atoms. The fourth-order valence-electron chi connectivity index (χ4n) is 4.27. The Hall–Kier alpha value is -3.90. The van der Waals surface area contributed by atoms with E-state index in [1.54, 1.807) is 18.2 Å². The summed E-state index contributed by atoms with van der Waals surface area (Å²) in [5, 5.41) is 20.5. The van der Waals surface area contributed by atoms with Gasteiger partial charge in [-0.15, -0.1) is 0 Å². The first-order valence-electron chi connectivity index (χ1n) is 11.7. The van der Waals surface area contributed by atoms with Crippen molar-refractivity contribution in [2.75, 3.05) is 6.61 Å². The molecular formula is C29H29NO5. The molecule has 0 saturated carbocycles. The van der Waals surface area contributed by atoms with Crippen molar-refractivity contribution in [1.82, 2.24) is 4.98 Å². The van der Waals surface area contributed by atoms with Crippen LogP contribution in [-0.2, 0) is 17.6 Å². The van der Waals surface area contributed by atoms with Crippen molar-refractivity contribution in [3.05, 3.63) is 96.4 Å². The summed E-state index contributed by atoms with van der Waals surface area (Å²) < 4.78 is 11.6. The second kappa shape index (κ2) is 11.0. The Balaban J connectivity index is 1.63. The number of aliphatic hydroxyl groups is 1. The summed E-state index contributed by atoms with van der Waals surface area (Å²) >= 11 is 0. The number of carboxylic acid groups (broad SMARTS) is 1. The Morgan fingerprint density at radius 3 is 2.29 bits per heavy atom. The molecule has 1 heterocycles.